The van der Waals surface area contributed by atoms with Crippen molar-refractivity contribution in [2.24, 2.45) is 21.7 Å². The highest BCUT2D eigenvalue weighted by atomic mass is 16.9. The lowest BCUT2D eigenvalue weighted by Gasteiger charge is -2.60. The third-order valence-corrected chi connectivity index (χ3v) is 12.3. The van der Waals surface area contributed by atoms with E-state index in [-0.39, 0.29) is 12.8 Å². The highest BCUT2D eigenvalue weighted by molar-refractivity contribution is 5.94. The van der Waals surface area contributed by atoms with E-state index in [0.29, 0.717) is 12.8 Å². The van der Waals surface area contributed by atoms with Crippen LogP contribution >= 0.6 is 0 Å². The summed E-state index contributed by atoms with van der Waals surface area (Å²) >= 11 is 0. The Morgan fingerprint density at radius 1 is 0.675 bits per heavy atom. The fourth-order valence-corrected chi connectivity index (χ4v) is 8.48. The second-order valence-corrected chi connectivity index (χ2v) is 14.2. The molecule has 3 aliphatic carbocycles. The molecule has 3 saturated carbocycles. The summed E-state index contributed by atoms with van der Waals surface area (Å²) in [5.74, 6) is -4.00. The molecule has 1 N–H and O–H groups in total. The lowest BCUT2D eigenvalue weighted by Crippen LogP contribution is -2.79. The topological polar surface area (TPSA) is 153 Å². The average molecular weight is 565 g/mol. The van der Waals surface area contributed by atoms with E-state index in [0.717, 1.165) is 0 Å². The summed E-state index contributed by atoms with van der Waals surface area (Å²) in [5, 5.41) is 11.2. The van der Waals surface area contributed by atoms with Gasteiger partial charge in [-0.25, -0.2) is 9.59 Å². The van der Waals surface area contributed by atoms with Gasteiger partial charge in [0, 0.05) is 17.8 Å². The quantitative estimate of drug-likeness (QED) is 0.387. The summed E-state index contributed by atoms with van der Waals surface area (Å²) in [5.41, 5.74) is -6.42. The molecule has 0 amide bonds. The van der Waals surface area contributed by atoms with Gasteiger partial charge in [0.05, 0.1) is 10.8 Å². The maximum atomic E-state index is 13.8. The van der Waals surface area contributed by atoms with E-state index in [1.54, 1.807) is 13.8 Å². The SMILES string of the molecule is CC12OC3[C@H](OC(=O)[C@@]45CC[C@@](C)(C(=O)O4)C5(C)C)[C@H](O1)C(O)[C@H](O2)[C@H]3OC(=O)[C@@]12CC[C@@](C)(C(=O)O1)C2(C)C. The predicted molar refractivity (Wildman–Crippen MR) is 129 cm³/mol. The summed E-state index contributed by atoms with van der Waals surface area (Å²) in [6.07, 6.45) is -5.37. The Bertz CT molecular complexity index is 1170. The van der Waals surface area contributed by atoms with Crippen molar-refractivity contribution in [2.75, 3.05) is 0 Å². The molecular formula is C28H36O12. The lowest BCUT2D eigenvalue weighted by molar-refractivity contribution is -0.531. The van der Waals surface area contributed by atoms with Crippen molar-refractivity contribution in [3.05, 3.63) is 0 Å². The van der Waals surface area contributed by atoms with Crippen LogP contribution in [-0.2, 0) is 52.3 Å². The lowest BCUT2D eigenvalue weighted by atomic mass is 9.66. The first kappa shape index (κ1) is 26.6. The van der Waals surface area contributed by atoms with Gasteiger partial charge in [-0.1, -0.05) is 27.7 Å². The van der Waals surface area contributed by atoms with Crippen LogP contribution in [0.25, 0.3) is 0 Å². The Morgan fingerprint density at radius 3 is 1.38 bits per heavy atom. The van der Waals surface area contributed by atoms with Gasteiger partial charge in [0.15, 0.2) is 12.2 Å². The van der Waals surface area contributed by atoms with E-state index in [1.165, 1.54) is 6.92 Å². The molecule has 8 rings (SSSR count). The summed E-state index contributed by atoms with van der Waals surface area (Å²) in [6, 6.07) is 0. The van der Waals surface area contributed by atoms with Crippen LogP contribution in [0.3, 0.4) is 0 Å². The molecule has 12 nitrogen and oxygen atoms in total. The van der Waals surface area contributed by atoms with Crippen molar-refractivity contribution in [1.29, 1.82) is 0 Å². The first-order valence-corrected chi connectivity index (χ1v) is 14.0. The van der Waals surface area contributed by atoms with Crippen molar-refractivity contribution >= 4 is 23.9 Å². The zero-order valence-electron chi connectivity index (χ0n) is 23.7. The number of hydrogen-bond donors (Lipinski definition) is 1. The third kappa shape index (κ3) is 2.60. The Balaban J connectivity index is 1.19. The van der Waals surface area contributed by atoms with Crippen LogP contribution in [0.15, 0.2) is 0 Å². The normalized spacial score (nSPS) is 53.9. The van der Waals surface area contributed by atoms with Crippen LogP contribution in [0.1, 0.15) is 74.1 Å². The van der Waals surface area contributed by atoms with Crippen LogP contribution in [0.2, 0.25) is 0 Å². The number of rotatable bonds is 4. The fourth-order valence-electron chi connectivity index (χ4n) is 8.48. The van der Waals surface area contributed by atoms with Crippen LogP contribution in [-0.4, -0.2) is 82.8 Å². The van der Waals surface area contributed by atoms with Crippen molar-refractivity contribution in [3.8, 4) is 0 Å². The number of esters is 4. The van der Waals surface area contributed by atoms with Crippen molar-refractivity contribution in [2.45, 2.75) is 128 Å². The summed E-state index contributed by atoms with van der Waals surface area (Å²) in [6.45, 7) is 12.3. The van der Waals surface area contributed by atoms with Gasteiger partial charge in [-0.2, -0.15) is 0 Å². The standard InChI is InChI=1S/C28H36O12/c1-22(2)24(5)8-10-27(22,39-18(24)30)20(32)34-15-13-12(29)14-16(17(15)38-26(7,36-13)37-14)35-21(33)28-11-9-25(6,19(31)40-28)23(28,3)4/h12-17,29H,8-11H2,1-7H3/t12?,13-,14+,15-,16-,17?,24+,25+,26?,27-,28-/m1/s1. The van der Waals surface area contributed by atoms with Crippen LogP contribution < -0.4 is 0 Å². The number of fused-ring (bicyclic) bond motifs is 4. The van der Waals surface area contributed by atoms with Crippen molar-refractivity contribution < 1.29 is 57.4 Å². The molecule has 11 atom stereocenters. The highest BCUT2D eigenvalue weighted by Gasteiger charge is 2.79. The zero-order valence-corrected chi connectivity index (χ0v) is 23.7. The molecule has 0 aromatic heterocycles. The molecule has 5 saturated heterocycles. The van der Waals surface area contributed by atoms with Gasteiger partial charge in [-0.05, 0) is 39.5 Å². The summed E-state index contributed by atoms with van der Waals surface area (Å²) < 4.78 is 41.1. The molecule has 40 heavy (non-hydrogen) atoms. The second-order valence-electron chi connectivity index (χ2n) is 14.2. The molecule has 0 aromatic carbocycles. The minimum atomic E-state index is -1.56. The van der Waals surface area contributed by atoms with E-state index in [2.05, 4.69) is 0 Å². The minimum Gasteiger partial charge on any atom is -0.454 e. The van der Waals surface area contributed by atoms with Crippen LogP contribution in [0.4, 0.5) is 0 Å². The minimum absolute atomic E-state index is 0.289. The highest BCUT2D eigenvalue weighted by Crippen LogP contribution is 2.67. The zero-order chi connectivity index (χ0) is 29.1. The van der Waals surface area contributed by atoms with Gasteiger partial charge < -0.3 is 38.3 Å². The maximum Gasteiger partial charge on any atom is 0.351 e. The average Bonchev–Trinajstić information content (AvgIpc) is 3.33. The van der Waals surface area contributed by atoms with E-state index >= 15 is 0 Å². The predicted octanol–water partition coefficient (Wildman–Crippen LogP) is 1.28. The molecule has 0 spiro atoms. The molecule has 5 heterocycles. The fraction of sp³-hybridized carbons (Fsp3) is 0.857. The molecular weight excluding hydrogens is 528 g/mol. The number of ether oxygens (including phenoxy) is 7. The van der Waals surface area contributed by atoms with Gasteiger partial charge in [-0.3, -0.25) is 9.59 Å². The molecule has 8 fully saturated rings. The van der Waals surface area contributed by atoms with Gasteiger partial charge in [0.2, 0.25) is 11.2 Å². The molecule has 0 aromatic rings. The van der Waals surface area contributed by atoms with Crippen molar-refractivity contribution in [3.63, 3.8) is 0 Å². The maximum absolute atomic E-state index is 13.8. The first-order chi connectivity index (χ1) is 18.4. The van der Waals surface area contributed by atoms with E-state index in [9.17, 15) is 24.3 Å². The van der Waals surface area contributed by atoms with E-state index in [1.807, 2.05) is 27.7 Å². The van der Waals surface area contributed by atoms with Gasteiger partial charge >= 0.3 is 23.9 Å². The van der Waals surface area contributed by atoms with Gasteiger partial charge in [0.1, 0.15) is 24.4 Å². The Kier molecular flexibility index (Phi) is 4.78. The van der Waals surface area contributed by atoms with Gasteiger partial charge in [-0.15, -0.1) is 0 Å². The molecule has 8 aliphatic rings. The van der Waals surface area contributed by atoms with Gasteiger partial charge in [0.25, 0.3) is 5.97 Å². The molecule has 0 radical (unpaired) electrons. The molecule has 5 aliphatic heterocycles. The number of aliphatic hydroxyl groups is 1. The largest absolute Gasteiger partial charge is 0.454 e. The smallest absolute Gasteiger partial charge is 0.351 e. The summed E-state index contributed by atoms with van der Waals surface area (Å²) in [7, 11) is 0. The molecule has 220 valence electrons. The monoisotopic (exact) mass is 564 g/mol. The number of carbonyl (C=O) groups is 4. The molecule has 12 heteroatoms. The Morgan fingerprint density at radius 2 is 1.05 bits per heavy atom. The number of hydrogen-bond acceptors (Lipinski definition) is 12. The third-order valence-electron chi connectivity index (χ3n) is 12.3. The number of aliphatic hydroxyl groups excluding tert-OH is 1. The Labute approximate surface area is 231 Å². The molecule has 3 unspecified atom stereocenters. The van der Waals surface area contributed by atoms with E-state index < -0.39 is 99.3 Å². The molecule has 8 bridgehead atoms. The summed E-state index contributed by atoms with van der Waals surface area (Å²) in [4.78, 5) is 53.1. The van der Waals surface area contributed by atoms with E-state index in [4.69, 9.17) is 33.2 Å². The number of carbonyl (C=O) groups excluding carboxylic acids is 4. The first-order valence-electron chi connectivity index (χ1n) is 14.0. The Hall–Kier alpha value is -2.28. The van der Waals surface area contributed by atoms with Crippen LogP contribution in [0.5, 0.6) is 0 Å². The van der Waals surface area contributed by atoms with Crippen molar-refractivity contribution in [1.82, 2.24) is 0 Å². The van der Waals surface area contributed by atoms with Crippen LogP contribution in [0, 0.1) is 21.7 Å². The second kappa shape index (κ2) is 7.19.